The van der Waals surface area contributed by atoms with Gasteiger partial charge in [0.05, 0.1) is 6.10 Å². The molecule has 0 heterocycles. The number of aliphatic hydroxyl groups is 1. The molecule has 2 rings (SSSR count). The summed E-state index contributed by atoms with van der Waals surface area (Å²) in [6, 6.07) is 14.0. The molecule has 20 heavy (non-hydrogen) atoms. The first-order valence-electron chi connectivity index (χ1n) is 6.46. The molecule has 2 nitrogen and oxygen atoms in total. The van der Waals surface area contributed by atoms with Crippen LogP contribution in [0.15, 0.2) is 53.0 Å². The molecule has 1 atom stereocenters. The molecule has 4 heteroatoms. The molecule has 0 aliphatic carbocycles. The van der Waals surface area contributed by atoms with E-state index in [0.717, 1.165) is 15.7 Å². The molecule has 1 unspecified atom stereocenters. The summed E-state index contributed by atoms with van der Waals surface area (Å²) in [5.74, 6) is -0.239. The first-order valence-corrected chi connectivity index (χ1v) is 7.26. The molecule has 106 valence electrons. The summed E-state index contributed by atoms with van der Waals surface area (Å²) in [7, 11) is 1.93. The van der Waals surface area contributed by atoms with Gasteiger partial charge in [-0.1, -0.05) is 28.1 Å². The van der Waals surface area contributed by atoms with E-state index in [9.17, 15) is 9.50 Å². The summed E-state index contributed by atoms with van der Waals surface area (Å²) in [4.78, 5) is 2.00. The number of anilines is 1. The second-order valence-electron chi connectivity index (χ2n) is 4.75. The topological polar surface area (TPSA) is 23.5 Å². The molecule has 2 aromatic rings. The summed E-state index contributed by atoms with van der Waals surface area (Å²) in [5.41, 5.74) is 1.84. The SMILES string of the molecule is CN(CCC(O)c1ccc(Br)cc1)c1ccc(F)cc1. The Balaban J connectivity index is 1.91. The van der Waals surface area contributed by atoms with E-state index in [1.165, 1.54) is 12.1 Å². The molecular weight excluding hydrogens is 321 g/mol. The van der Waals surface area contributed by atoms with Crippen LogP contribution in [0.5, 0.6) is 0 Å². The van der Waals surface area contributed by atoms with E-state index in [4.69, 9.17) is 0 Å². The van der Waals surface area contributed by atoms with Gasteiger partial charge >= 0.3 is 0 Å². The summed E-state index contributed by atoms with van der Waals surface area (Å²) in [6.45, 7) is 0.697. The highest BCUT2D eigenvalue weighted by Crippen LogP contribution is 2.21. The van der Waals surface area contributed by atoms with Crippen LogP contribution >= 0.6 is 15.9 Å². The van der Waals surface area contributed by atoms with Crippen LogP contribution in [-0.2, 0) is 0 Å². The predicted molar refractivity (Wildman–Crippen MR) is 83.4 cm³/mol. The lowest BCUT2D eigenvalue weighted by molar-refractivity contribution is 0.170. The Morgan fingerprint density at radius 3 is 2.30 bits per heavy atom. The van der Waals surface area contributed by atoms with Crippen molar-refractivity contribution in [1.82, 2.24) is 0 Å². The first kappa shape index (κ1) is 15.0. The molecule has 0 fully saturated rings. The van der Waals surface area contributed by atoms with E-state index in [-0.39, 0.29) is 5.82 Å². The standard InChI is InChI=1S/C16H17BrFNO/c1-19(15-8-6-14(18)7-9-15)11-10-16(20)12-2-4-13(17)5-3-12/h2-9,16,20H,10-11H2,1H3. The Kier molecular flexibility index (Phi) is 5.15. The summed E-state index contributed by atoms with van der Waals surface area (Å²) < 4.78 is 13.9. The van der Waals surface area contributed by atoms with Crippen LogP contribution in [0.4, 0.5) is 10.1 Å². The molecule has 1 N–H and O–H groups in total. The molecule has 0 bridgehead atoms. The van der Waals surface area contributed by atoms with Crippen LogP contribution in [-0.4, -0.2) is 18.7 Å². The number of rotatable bonds is 5. The van der Waals surface area contributed by atoms with Crippen molar-refractivity contribution in [2.24, 2.45) is 0 Å². The number of hydrogen-bond acceptors (Lipinski definition) is 2. The number of aliphatic hydroxyl groups excluding tert-OH is 1. The average molecular weight is 338 g/mol. The van der Waals surface area contributed by atoms with Gasteiger partial charge in [-0.05, 0) is 48.4 Å². The van der Waals surface area contributed by atoms with Gasteiger partial charge in [0.1, 0.15) is 5.82 Å². The highest BCUT2D eigenvalue weighted by Gasteiger charge is 2.09. The Bertz CT molecular complexity index is 490. The zero-order valence-electron chi connectivity index (χ0n) is 11.3. The normalized spacial score (nSPS) is 12.2. The largest absolute Gasteiger partial charge is 0.388 e. The van der Waals surface area contributed by atoms with E-state index < -0.39 is 6.10 Å². The van der Waals surface area contributed by atoms with Gasteiger partial charge in [-0.25, -0.2) is 4.39 Å². The van der Waals surface area contributed by atoms with Gasteiger partial charge in [0.15, 0.2) is 0 Å². The minimum Gasteiger partial charge on any atom is -0.388 e. The second kappa shape index (κ2) is 6.86. The quantitative estimate of drug-likeness (QED) is 0.885. The maximum Gasteiger partial charge on any atom is 0.123 e. The average Bonchev–Trinajstić information content (AvgIpc) is 2.46. The highest BCUT2D eigenvalue weighted by atomic mass is 79.9. The van der Waals surface area contributed by atoms with Crippen molar-refractivity contribution in [3.05, 3.63) is 64.4 Å². The smallest absolute Gasteiger partial charge is 0.123 e. The molecule has 0 aliphatic rings. The molecule has 0 aromatic heterocycles. The Morgan fingerprint density at radius 2 is 1.70 bits per heavy atom. The minimum atomic E-state index is -0.494. The third kappa shape index (κ3) is 4.05. The van der Waals surface area contributed by atoms with Crippen molar-refractivity contribution in [2.75, 3.05) is 18.5 Å². The van der Waals surface area contributed by atoms with Gasteiger partial charge < -0.3 is 10.0 Å². The van der Waals surface area contributed by atoms with Gasteiger partial charge in [-0.3, -0.25) is 0 Å². The maximum atomic E-state index is 12.9. The summed E-state index contributed by atoms with van der Waals surface area (Å²) >= 11 is 3.37. The molecule has 0 saturated carbocycles. The predicted octanol–water partition coefficient (Wildman–Crippen LogP) is 4.15. The van der Waals surface area contributed by atoms with Crippen LogP contribution in [0.25, 0.3) is 0 Å². The summed E-state index contributed by atoms with van der Waals surface area (Å²) in [5, 5.41) is 10.1. The zero-order valence-corrected chi connectivity index (χ0v) is 12.8. The number of benzene rings is 2. The molecule has 0 aliphatic heterocycles. The molecule has 0 amide bonds. The Morgan fingerprint density at radius 1 is 1.10 bits per heavy atom. The van der Waals surface area contributed by atoms with Crippen LogP contribution in [0.3, 0.4) is 0 Å². The molecule has 0 spiro atoms. The number of nitrogens with zero attached hydrogens (tertiary/aromatic N) is 1. The lowest BCUT2D eigenvalue weighted by Crippen LogP contribution is -2.20. The highest BCUT2D eigenvalue weighted by molar-refractivity contribution is 9.10. The van der Waals surface area contributed by atoms with Crippen molar-refractivity contribution in [3.8, 4) is 0 Å². The van der Waals surface area contributed by atoms with Crippen molar-refractivity contribution >= 4 is 21.6 Å². The minimum absolute atomic E-state index is 0.239. The fraction of sp³-hybridized carbons (Fsp3) is 0.250. The van der Waals surface area contributed by atoms with Crippen LogP contribution < -0.4 is 4.90 Å². The van der Waals surface area contributed by atoms with Crippen LogP contribution in [0, 0.1) is 5.82 Å². The zero-order chi connectivity index (χ0) is 14.5. The lowest BCUT2D eigenvalue weighted by atomic mass is 10.1. The maximum absolute atomic E-state index is 12.9. The van der Waals surface area contributed by atoms with Gasteiger partial charge in [0, 0.05) is 23.8 Å². The van der Waals surface area contributed by atoms with E-state index in [0.29, 0.717) is 13.0 Å². The molecule has 0 saturated heterocycles. The Labute approximate surface area is 127 Å². The van der Waals surface area contributed by atoms with Crippen molar-refractivity contribution < 1.29 is 9.50 Å². The van der Waals surface area contributed by atoms with Crippen molar-refractivity contribution in [3.63, 3.8) is 0 Å². The molecule has 0 radical (unpaired) electrons. The van der Waals surface area contributed by atoms with Crippen molar-refractivity contribution in [2.45, 2.75) is 12.5 Å². The lowest BCUT2D eigenvalue weighted by Gasteiger charge is -2.21. The van der Waals surface area contributed by atoms with Gasteiger partial charge in [-0.15, -0.1) is 0 Å². The van der Waals surface area contributed by atoms with E-state index >= 15 is 0 Å². The third-order valence-electron chi connectivity index (χ3n) is 3.26. The summed E-state index contributed by atoms with van der Waals surface area (Å²) in [6.07, 6.45) is 0.126. The molecular formula is C16H17BrFNO. The number of hydrogen-bond donors (Lipinski definition) is 1. The second-order valence-corrected chi connectivity index (χ2v) is 5.67. The fourth-order valence-electron chi connectivity index (χ4n) is 1.99. The third-order valence-corrected chi connectivity index (χ3v) is 3.79. The van der Waals surface area contributed by atoms with Crippen LogP contribution in [0.2, 0.25) is 0 Å². The first-order chi connectivity index (χ1) is 9.56. The van der Waals surface area contributed by atoms with E-state index in [2.05, 4.69) is 15.9 Å². The monoisotopic (exact) mass is 337 g/mol. The molecule has 2 aromatic carbocycles. The van der Waals surface area contributed by atoms with Gasteiger partial charge in [0.25, 0.3) is 0 Å². The van der Waals surface area contributed by atoms with E-state index in [1.54, 1.807) is 12.1 Å². The van der Waals surface area contributed by atoms with Crippen molar-refractivity contribution in [1.29, 1.82) is 0 Å². The van der Waals surface area contributed by atoms with Gasteiger partial charge in [-0.2, -0.15) is 0 Å². The van der Waals surface area contributed by atoms with Gasteiger partial charge in [0.2, 0.25) is 0 Å². The van der Waals surface area contributed by atoms with E-state index in [1.807, 2.05) is 36.2 Å². The van der Waals surface area contributed by atoms with Crippen LogP contribution in [0.1, 0.15) is 18.1 Å². The fourth-order valence-corrected chi connectivity index (χ4v) is 2.26. The number of halogens is 2. The Hall–Kier alpha value is -1.39.